The second-order valence-electron chi connectivity index (χ2n) is 4.90. The predicted molar refractivity (Wildman–Crippen MR) is 65.3 cm³/mol. The normalized spacial score (nSPS) is 21.1. The van der Waals surface area contributed by atoms with E-state index in [0.717, 1.165) is 0 Å². The minimum atomic E-state index is 0.640. The highest BCUT2D eigenvalue weighted by molar-refractivity contribution is 5.26. The lowest BCUT2D eigenvalue weighted by atomic mass is 9.97. The molecular formula is C14H21N. The highest BCUT2D eigenvalue weighted by Gasteiger charge is 2.14. The maximum Gasteiger partial charge on any atom is 0.0108 e. The molecule has 1 aliphatic heterocycles. The molecule has 0 aromatic heterocycles. The summed E-state index contributed by atoms with van der Waals surface area (Å²) in [5.41, 5.74) is 2.95. The maximum atomic E-state index is 3.55. The van der Waals surface area contributed by atoms with Crippen molar-refractivity contribution in [3.8, 4) is 0 Å². The largest absolute Gasteiger partial charge is 0.314 e. The Hall–Kier alpha value is -0.820. The van der Waals surface area contributed by atoms with Crippen molar-refractivity contribution < 1.29 is 0 Å². The maximum absolute atomic E-state index is 3.55. The van der Waals surface area contributed by atoms with Crippen molar-refractivity contribution in [1.29, 1.82) is 0 Å². The summed E-state index contributed by atoms with van der Waals surface area (Å²) in [4.78, 5) is 0. The van der Waals surface area contributed by atoms with Gasteiger partial charge in [-0.1, -0.05) is 38.1 Å². The van der Waals surface area contributed by atoms with E-state index < -0.39 is 0 Å². The van der Waals surface area contributed by atoms with Crippen LogP contribution in [0.15, 0.2) is 24.3 Å². The summed E-state index contributed by atoms with van der Waals surface area (Å²) in [6.07, 6.45) is 3.88. The van der Waals surface area contributed by atoms with Crippen LogP contribution in [0.25, 0.3) is 0 Å². The molecule has 1 atom stereocenters. The fourth-order valence-corrected chi connectivity index (χ4v) is 2.29. The van der Waals surface area contributed by atoms with Gasteiger partial charge in [-0.3, -0.25) is 0 Å². The van der Waals surface area contributed by atoms with E-state index in [1.165, 1.54) is 36.9 Å². The Kier molecular flexibility index (Phi) is 3.42. The summed E-state index contributed by atoms with van der Waals surface area (Å²) in [6.45, 7) is 5.72. The molecule has 1 saturated heterocycles. The van der Waals surface area contributed by atoms with Crippen molar-refractivity contribution in [2.45, 2.75) is 45.1 Å². The summed E-state index contributed by atoms with van der Waals surface area (Å²) in [7, 11) is 0. The van der Waals surface area contributed by atoms with Crippen LogP contribution < -0.4 is 5.32 Å². The lowest BCUT2D eigenvalue weighted by Crippen LogP contribution is -2.23. The Morgan fingerprint density at radius 2 is 2.27 bits per heavy atom. The third kappa shape index (κ3) is 2.82. The van der Waals surface area contributed by atoms with Crippen LogP contribution in [0.3, 0.4) is 0 Å². The monoisotopic (exact) mass is 203 g/mol. The first-order chi connectivity index (χ1) is 7.25. The molecule has 1 aliphatic rings. The van der Waals surface area contributed by atoms with Crippen molar-refractivity contribution in [3.63, 3.8) is 0 Å². The Labute approximate surface area is 92.9 Å². The molecule has 0 radical (unpaired) electrons. The third-order valence-corrected chi connectivity index (χ3v) is 3.26. The molecule has 1 fully saturated rings. The van der Waals surface area contributed by atoms with Gasteiger partial charge in [-0.05, 0) is 42.9 Å². The Morgan fingerprint density at radius 3 is 2.93 bits per heavy atom. The molecule has 2 rings (SSSR count). The van der Waals surface area contributed by atoms with E-state index in [1.54, 1.807) is 0 Å². The molecule has 1 heterocycles. The standard InChI is InChI=1S/C14H21N/c1-11(2)13-6-3-5-12(9-13)10-14-7-4-8-15-14/h3,5-6,9,11,14-15H,4,7-8,10H2,1-2H3. The molecule has 1 unspecified atom stereocenters. The Balaban J connectivity index is 2.04. The zero-order valence-corrected chi connectivity index (χ0v) is 9.79. The molecule has 0 aliphatic carbocycles. The first-order valence-electron chi connectivity index (χ1n) is 6.08. The number of hydrogen-bond acceptors (Lipinski definition) is 1. The molecular weight excluding hydrogens is 182 g/mol. The molecule has 0 spiro atoms. The molecule has 1 aromatic rings. The molecule has 1 nitrogen and oxygen atoms in total. The van der Waals surface area contributed by atoms with E-state index in [4.69, 9.17) is 0 Å². The second-order valence-corrected chi connectivity index (χ2v) is 4.90. The quantitative estimate of drug-likeness (QED) is 0.796. The first kappa shape index (κ1) is 10.7. The summed E-state index contributed by atoms with van der Waals surface area (Å²) < 4.78 is 0. The topological polar surface area (TPSA) is 12.0 Å². The van der Waals surface area contributed by atoms with Crippen molar-refractivity contribution in [2.75, 3.05) is 6.54 Å². The van der Waals surface area contributed by atoms with Gasteiger partial charge in [0.15, 0.2) is 0 Å². The number of benzene rings is 1. The van der Waals surface area contributed by atoms with Gasteiger partial charge in [-0.15, -0.1) is 0 Å². The van der Waals surface area contributed by atoms with E-state index in [2.05, 4.69) is 43.4 Å². The van der Waals surface area contributed by atoms with Crippen molar-refractivity contribution in [3.05, 3.63) is 35.4 Å². The first-order valence-corrected chi connectivity index (χ1v) is 6.08. The molecule has 1 N–H and O–H groups in total. The minimum Gasteiger partial charge on any atom is -0.314 e. The van der Waals surface area contributed by atoms with Gasteiger partial charge in [0.05, 0.1) is 0 Å². The lowest BCUT2D eigenvalue weighted by molar-refractivity contribution is 0.602. The fraction of sp³-hybridized carbons (Fsp3) is 0.571. The average molecular weight is 203 g/mol. The van der Waals surface area contributed by atoms with Crippen LogP contribution in [0.5, 0.6) is 0 Å². The number of rotatable bonds is 3. The highest BCUT2D eigenvalue weighted by atomic mass is 14.9. The van der Waals surface area contributed by atoms with Crippen LogP contribution >= 0.6 is 0 Å². The molecule has 82 valence electrons. The molecule has 0 saturated carbocycles. The van der Waals surface area contributed by atoms with Gasteiger partial charge >= 0.3 is 0 Å². The predicted octanol–water partition coefficient (Wildman–Crippen LogP) is 3.10. The van der Waals surface area contributed by atoms with Crippen molar-refractivity contribution >= 4 is 0 Å². The Bertz CT molecular complexity index is 311. The molecule has 1 aromatic carbocycles. The Morgan fingerprint density at radius 1 is 1.40 bits per heavy atom. The van der Waals surface area contributed by atoms with E-state index in [0.29, 0.717) is 12.0 Å². The highest BCUT2D eigenvalue weighted by Crippen LogP contribution is 2.18. The van der Waals surface area contributed by atoms with Crippen LogP contribution in [-0.4, -0.2) is 12.6 Å². The van der Waals surface area contributed by atoms with Gasteiger partial charge in [-0.25, -0.2) is 0 Å². The molecule has 1 heteroatoms. The molecule has 15 heavy (non-hydrogen) atoms. The van der Waals surface area contributed by atoms with Crippen LogP contribution in [-0.2, 0) is 6.42 Å². The SMILES string of the molecule is CC(C)c1cccc(CC2CCCN2)c1. The van der Waals surface area contributed by atoms with E-state index in [-0.39, 0.29) is 0 Å². The summed E-state index contributed by atoms with van der Waals surface area (Å²) in [6, 6.07) is 9.76. The zero-order valence-electron chi connectivity index (χ0n) is 9.79. The van der Waals surface area contributed by atoms with Crippen LogP contribution in [0, 0.1) is 0 Å². The number of hydrogen-bond donors (Lipinski definition) is 1. The van der Waals surface area contributed by atoms with Gasteiger partial charge in [0.2, 0.25) is 0 Å². The van der Waals surface area contributed by atoms with Crippen molar-refractivity contribution in [1.82, 2.24) is 5.32 Å². The second kappa shape index (κ2) is 4.80. The lowest BCUT2D eigenvalue weighted by Gasteiger charge is -2.12. The van der Waals surface area contributed by atoms with E-state index >= 15 is 0 Å². The van der Waals surface area contributed by atoms with Crippen LogP contribution in [0.4, 0.5) is 0 Å². The van der Waals surface area contributed by atoms with Crippen LogP contribution in [0.1, 0.15) is 43.7 Å². The van der Waals surface area contributed by atoms with E-state index in [1.807, 2.05) is 0 Å². The fourth-order valence-electron chi connectivity index (χ4n) is 2.29. The van der Waals surface area contributed by atoms with Crippen LogP contribution in [0.2, 0.25) is 0 Å². The van der Waals surface area contributed by atoms with Gasteiger partial charge in [0.1, 0.15) is 0 Å². The van der Waals surface area contributed by atoms with Gasteiger partial charge in [0.25, 0.3) is 0 Å². The zero-order chi connectivity index (χ0) is 10.7. The smallest absolute Gasteiger partial charge is 0.0108 e. The average Bonchev–Trinajstić information content (AvgIpc) is 2.71. The summed E-state index contributed by atoms with van der Waals surface area (Å²) >= 11 is 0. The third-order valence-electron chi connectivity index (χ3n) is 3.26. The minimum absolute atomic E-state index is 0.640. The summed E-state index contributed by atoms with van der Waals surface area (Å²) in [5.74, 6) is 0.640. The molecule has 0 bridgehead atoms. The van der Waals surface area contributed by atoms with Crippen molar-refractivity contribution in [2.24, 2.45) is 0 Å². The van der Waals surface area contributed by atoms with Gasteiger partial charge < -0.3 is 5.32 Å². The molecule has 0 amide bonds. The van der Waals surface area contributed by atoms with Gasteiger partial charge in [0, 0.05) is 6.04 Å². The van der Waals surface area contributed by atoms with Gasteiger partial charge in [-0.2, -0.15) is 0 Å². The number of nitrogens with one attached hydrogen (secondary N) is 1. The van der Waals surface area contributed by atoms with E-state index in [9.17, 15) is 0 Å². The summed E-state index contributed by atoms with van der Waals surface area (Å²) in [5, 5.41) is 3.55.